The summed E-state index contributed by atoms with van der Waals surface area (Å²) < 4.78 is 0. The monoisotopic (exact) mass is 246 g/mol. The second-order valence-corrected chi connectivity index (χ2v) is 4.82. The van der Waals surface area contributed by atoms with Gasteiger partial charge in [-0.15, -0.1) is 11.8 Å². The van der Waals surface area contributed by atoms with Crippen LogP contribution in [-0.2, 0) is 0 Å². The maximum absolute atomic E-state index is 12.1. The molecule has 1 N–H and O–H groups in total. The van der Waals surface area contributed by atoms with Crippen molar-refractivity contribution in [1.82, 2.24) is 5.32 Å². The Morgan fingerprint density at radius 1 is 1.41 bits per heavy atom. The topological polar surface area (TPSA) is 41.5 Å². The van der Waals surface area contributed by atoms with E-state index in [9.17, 15) is 4.79 Å². The molecule has 0 saturated heterocycles. The maximum Gasteiger partial charge on any atom is 0.183 e. The predicted octanol–water partition coefficient (Wildman–Crippen LogP) is 2.46. The van der Waals surface area contributed by atoms with Gasteiger partial charge in [-0.25, -0.2) is 0 Å². The van der Waals surface area contributed by atoms with Gasteiger partial charge in [-0.2, -0.15) is 0 Å². The fourth-order valence-corrected chi connectivity index (χ4v) is 2.27. The first kappa shape index (κ1) is 11.9. The lowest BCUT2D eigenvalue weighted by atomic mass is 10.1. The molecule has 1 atom stereocenters. The van der Waals surface area contributed by atoms with Crippen molar-refractivity contribution >= 4 is 23.8 Å². The molecule has 1 aliphatic rings. The van der Waals surface area contributed by atoms with Crippen molar-refractivity contribution < 1.29 is 4.79 Å². The van der Waals surface area contributed by atoms with Crippen molar-refractivity contribution in [3.63, 3.8) is 0 Å². The van der Waals surface area contributed by atoms with Crippen LogP contribution < -0.4 is 5.32 Å². The highest BCUT2D eigenvalue weighted by molar-refractivity contribution is 7.99. The van der Waals surface area contributed by atoms with Crippen LogP contribution in [0, 0.1) is 0 Å². The van der Waals surface area contributed by atoms with E-state index in [0.717, 1.165) is 5.56 Å². The highest BCUT2D eigenvalue weighted by Crippen LogP contribution is 2.28. The molecule has 0 amide bonds. The van der Waals surface area contributed by atoms with Gasteiger partial charge in [0, 0.05) is 18.0 Å². The van der Waals surface area contributed by atoms with Crippen molar-refractivity contribution in [3.05, 3.63) is 48.2 Å². The van der Waals surface area contributed by atoms with Gasteiger partial charge >= 0.3 is 0 Å². The van der Waals surface area contributed by atoms with E-state index in [4.69, 9.17) is 0 Å². The summed E-state index contributed by atoms with van der Waals surface area (Å²) in [5.74, 6) is 0.0971. The number of hydrogen-bond donors (Lipinski definition) is 1. The zero-order valence-electron chi connectivity index (χ0n) is 9.59. The summed E-state index contributed by atoms with van der Waals surface area (Å²) in [6.45, 7) is 0. The normalized spacial score (nSPS) is 22.2. The number of thioether (sulfide) groups is 1. The highest BCUT2D eigenvalue weighted by Gasteiger charge is 2.30. The first-order chi connectivity index (χ1) is 8.26. The van der Waals surface area contributed by atoms with Crippen LogP contribution in [-0.4, -0.2) is 23.2 Å². The summed E-state index contributed by atoms with van der Waals surface area (Å²) in [6.07, 6.45) is 7.66. The van der Waals surface area contributed by atoms with Gasteiger partial charge in [0.1, 0.15) is 0 Å². The lowest BCUT2D eigenvalue weighted by Gasteiger charge is -2.29. The number of Topliss-reactive ketones (excluding diaryl/α,β-unsaturated/α-hetero) is 1. The number of aliphatic imine (C=N–C) groups is 1. The minimum absolute atomic E-state index is 0.0971. The number of allylic oxidation sites excluding steroid dienone is 1. The largest absolute Gasteiger partial charge is 0.359 e. The predicted molar refractivity (Wildman–Crippen MR) is 72.4 cm³/mol. The van der Waals surface area contributed by atoms with Gasteiger partial charge in [-0.3, -0.25) is 9.79 Å². The third-order valence-electron chi connectivity index (χ3n) is 2.61. The zero-order valence-corrected chi connectivity index (χ0v) is 10.4. The summed E-state index contributed by atoms with van der Waals surface area (Å²) in [5.41, 5.74) is 0.729. The molecule has 1 aliphatic heterocycles. The van der Waals surface area contributed by atoms with E-state index in [1.165, 1.54) is 11.8 Å². The Hall–Kier alpha value is -1.55. The van der Waals surface area contributed by atoms with Crippen molar-refractivity contribution in [2.45, 2.75) is 11.4 Å². The molecule has 0 aromatic heterocycles. The van der Waals surface area contributed by atoms with Crippen LogP contribution in [0.5, 0.6) is 0 Å². The molecule has 2 rings (SSSR count). The Bertz CT molecular complexity index is 456. The maximum atomic E-state index is 12.1. The van der Waals surface area contributed by atoms with Gasteiger partial charge in [0.2, 0.25) is 0 Å². The Kier molecular flexibility index (Phi) is 3.64. The van der Waals surface area contributed by atoms with Gasteiger partial charge in [-0.05, 0) is 12.3 Å². The van der Waals surface area contributed by atoms with E-state index >= 15 is 0 Å². The van der Waals surface area contributed by atoms with Crippen molar-refractivity contribution in [2.24, 2.45) is 4.99 Å². The fraction of sp³-hybridized carbons (Fsp3) is 0.231. The molecule has 1 unspecified atom stereocenters. The van der Waals surface area contributed by atoms with E-state index in [1.807, 2.05) is 48.9 Å². The summed E-state index contributed by atoms with van der Waals surface area (Å²) in [4.78, 5) is 15.9. The van der Waals surface area contributed by atoms with Crippen molar-refractivity contribution in [1.29, 1.82) is 0 Å². The Labute approximate surface area is 105 Å². The second kappa shape index (κ2) is 5.19. The van der Waals surface area contributed by atoms with Crippen LogP contribution in [0.15, 0.2) is 47.6 Å². The van der Waals surface area contributed by atoms with Crippen LogP contribution in [0.2, 0.25) is 0 Å². The van der Waals surface area contributed by atoms with Crippen LogP contribution in [0.4, 0.5) is 0 Å². The first-order valence-electron chi connectivity index (χ1n) is 5.37. The first-order valence-corrected chi connectivity index (χ1v) is 6.60. The molecule has 17 heavy (non-hydrogen) atoms. The van der Waals surface area contributed by atoms with E-state index in [-0.39, 0.29) is 5.78 Å². The number of nitrogens with one attached hydrogen (secondary N) is 1. The van der Waals surface area contributed by atoms with Crippen LogP contribution in [0.25, 0.3) is 0 Å². The smallest absolute Gasteiger partial charge is 0.183 e. The molecule has 0 saturated carbocycles. The Balaban J connectivity index is 2.12. The molecule has 0 fully saturated rings. The quantitative estimate of drug-likeness (QED) is 0.830. The molecule has 1 aromatic rings. The van der Waals surface area contributed by atoms with Crippen LogP contribution >= 0.6 is 11.8 Å². The van der Waals surface area contributed by atoms with Gasteiger partial charge in [0.05, 0.1) is 6.42 Å². The molecule has 88 valence electrons. The average Bonchev–Trinajstić information content (AvgIpc) is 2.41. The van der Waals surface area contributed by atoms with Gasteiger partial charge in [-0.1, -0.05) is 30.3 Å². The molecule has 0 bridgehead atoms. The summed E-state index contributed by atoms with van der Waals surface area (Å²) in [5, 5.41) is 3.15. The van der Waals surface area contributed by atoms with Crippen molar-refractivity contribution in [2.75, 3.05) is 6.26 Å². The van der Waals surface area contributed by atoms with E-state index in [0.29, 0.717) is 6.42 Å². The van der Waals surface area contributed by atoms with Gasteiger partial charge < -0.3 is 5.32 Å². The van der Waals surface area contributed by atoms with E-state index in [1.54, 1.807) is 6.21 Å². The molecular formula is C13H14N2OS. The highest BCUT2D eigenvalue weighted by atomic mass is 32.2. The second-order valence-electron chi connectivity index (χ2n) is 3.74. The number of ketones is 1. The number of hydrogen-bond acceptors (Lipinski definition) is 4. The van der Waals surface area contributed by atoms with Crippen molar-refractivity contribution in [3.8, 4) is 0 Å². The minimum Gasteiger partial charge on any atom is -0.359 e. The Morgan fingerprint density at radius 3 is 2.76 bits per heavy atom. The lowest BCUT2D eigenvalue weighted by Crippen LogP contribution is -2.40. The number of rotatable bonds is 4. The van der Waals surface area contributed by atoms with Crippen LogP contribution in [0.3, 0.4) is 0 Å². The van der Waals surface area contributed by atoms with E-state index in [2.05, 4.69) is 10.3 Å². The molecule has 0 aliphatic carbocycles. The summed E-state index contributed by atoms with van der Waals surface area (Å²) in [6, 6.07) is 9.31. The standard InChI is InChI=1S/C13H14N2OS/c1-17-13(14-8-5-9-15-13)10-12(16)11-6-3-2-4-7-11/h2-9,14H,10H2,1H3. The zero-order chi connectivity index (χ0) is 12.1. The van der Waals surface area contributed by atoms with Crippen LogP contribution in [0.1, 0.15) is 16.8 Å². The molecule has 4 heteroatoms. The number of carbonyl (C=O) groups is 1. The van der Waals surface area contributed by atoms with Gasteiger partial charge in [0.15, 0.2) is 10.8 Å². The number of carbonyl (C=O) groups excluding carboxylic acids is 1. The molecule has 3 nitrogen and oxygen atoms in total. The molecule has 0 radical (unpaired) electrons. The lowest BCUT2D eigenvalue weighted by molar-refractivity contribution is 0.0966. The molecule has 1 aromatic carbocycles. The summed E-state index contributed by atoms with van der Waals surface area (Å²) in [7, 11) is 0. The number of nitrogens with zero attached hydrogens (tertiary/aromatic N) is 1. The van der Waals surface area contributed by atoms with Gasteiger partial charge in [0.25, 0.3) is 0 Å². The molecular weight excluding hydrogens is 232 g/mol. The number of benzene rings is 1. The summed E-state index contributed by atoms with van der Waals surface area (Å²) >= 11 is 1.54. The fourth-order valence-electron chi connectivity index (χ4n) is 1.65. The SMILES string of the molecule is CSC1(CC(=O)c2ccccc2)N=CC=CN1. The molecule has 1 heterocycles. The third-order valence-corrected chi connectivity index (χ3v) is 3.65. The Morgan fingerprint density at radius 2 is 2.18 bits per heavy atom. The molecule has 0 spiro atoms. The minimum atomic E-state index is -0.554. The third kappa shape index (κ3) is 2.77. The van der Waals surface area contributed by atoms with E-state index < -0.39 is 4.99 Å². The average molecular weight is 246 g/mol.